The zero-order valence-electron chi connectivity index (χ0n) is 12.6. The summed E-state index contributed by atoms with van der Waals surface area (Å²) < 4.78 is 4.99. The number of nitrogens with one attached hydrogen (secondary N) is 1. The number of hydrogen-bond donors (Lipinski definition) is 1. The average Bonchev–Trinajstić information content (AvgIpc) is 2.38. The molecule has 0 atom stereocenters. The Hall–Kier alpha value is -0.570. The molecule has 1 N–H and O–H groups in total. The molecule has 0 radical (unpaired) electrons. The molecule has 106 valence electrons. The Morgan fingerprint density at radius 1 is 1.33 bits per heavy atom. The van der Waals surface area contributed by atoms with Crippen molar-refractivity contribution in [1.29, 1.82) is 0 Å². The van der Waals surface area contributed by atoms with E-state index in [1.54, 1.807) is 0 Å². The third-order valence-electron chi connectivity index (χ3n) is 4.95. The zero-order valence-corrected chi connectivity index (χ0v) is 12.6. The van der Waals surface area contributed by atoms with Crippen molar-refractivity contribution in [2.45, 2.75) is 65.3 Å². The van der Waals surface area contributed by atoms with Crippen molar-refractivity contribution in [3.05, 3.63) is 0 Å². The summed E-state index contributed by atoms with van der Waals surface area (Å²) in [6, 6.07) is 0. The minimum Gasteiger partial charge on any atom is -0.468 e. The summed E-state index contributed by atoms with van der Waals surface area (Å²) in [4.78, 5) is 12.0. The molecule has 1 aliphatic carbocycles. The summed E-state index contributed by atoms with van der Waals surface area (Å²) in [6.45, 7) is 9.81. The second-order valence-corrected chi connectivity index (χ2v) is 6.22. The second kappa shape index (κ2) is 6.05. The SMILES string of the molecule is CCNC1(C(=O)OC)CCC(C(C)(C)CC)CC1. The first-order valence-electron chi connectivity index (χ1n) is 7.25. The van der Waals surface area contributed by atoms with Gasteiger partial charge in [-0.1, -0.05) is 34.1 Å². The van der Waals surface area contributed by atoms with E-state index in [1.165, 1.54) is 13.5 Å². The fourth-order valence-corrected chi connectivity index (χ4v) is 3.17. The lowest BCUT2D eigenvalue weighted by Crippen LogP contribution is -2.55. The van der Waals surface area contributed by atoms with Gasteiger partial charge in [-0.05, 0) is 43.6 Å². The van der Waals surface area contributed by atoms with Gasteiger partial charge in [0.25, 0.3) is 0 Å². The van der Waals surface area contributed by atoms with E-state index < -0.39 is 5.54 Å². The molecular weight excluding hydrogens is 226 g/mol. The lowest BCUT2D eigenvalue weighted by molar-refractivity contribution is -0.151. The smallest absolute Gasteiger partial charge is 0.326 e. The standard InChI is InChI=1S/C15H29NO2/c1-6-14(3,4)12-8-10-15(11-9-12,16-7-2)13(17)18-5/h12,16H,6-11H2,1-5H3. The third-order valence-corrected chi connectivity index (χ3v) is 4.95. The van der Waals surface area contributed by atoms with E-state index >= 15 is 0 Å². The van der Waals surface area contributed by atoms with Crippen LogP contribution < -0.4 is 5.32 Å². The van der Waals surface area contributed by atoms with Crippen LogP contribution in [0.4, 0.5) is 0 Å². The fourth-order valence-electron chi connectivity index (χ4n) is 3.17. The van der Waals surface area contributed by atoms with Gasteiger partial charge in [0.05, 0.1) is 7.11 Å². The van der Waals surface area contributed by atoms with Crippen LogP contribution in [0.15, 0.2) is 0 Å². The van der Waals surface area contributed by atoms with Crippen LogP contribution in [-0.4, -0.2) is 25.2 Å². The van der Waals surface area contributed by atoms with Crippen molar-refractivity contribution in [1.82, 2.24) is 5.32 Å². The van der Waals surface area contributed by atoms with Crippen LogP contribution in [0.1, 0.15) is 59.8 Å². The van der Waals surface area contributed by atoms with Gasteiger partial charge in [0.15, 0.2) is 0 Å². The van der Waals surface area contributed by atoms with E-state index in [0.29, 0.717) is 5.41 Å². The highest BCUT2D eigenvalue weighted by Crippen LogP contribution is 2.43. The molecule has 1 rings (SSSR count). The number of methoxy groups -OCH3 is 1. The molecule has 0 aliphatic heterocycles. The van der Waals surface area contributed by atoms with Crippen LogP contribution in [0.3, 0.4) is 0 Å². The number of ether oxygens (including phenoxy) is 1. The lowest BCUT2D eigenvalue weighted by atomic mass is 9.65. The van der Waals surface area contributed by atoms with E-state index in [4.69, 9.17) is 4.74 Å². The van der Waals surface area contributed by atoms with E-state index in [-0.39, 0.29) is 5.97 Å². The summed E-state index contributed by atoms with van der Waals surface area (Å²) >= 11 is 0. The zero-order chi connectivity index (χ0) is 13.8. The Kier molecular flexibility index (Phi) is 5.20. The molecule has 0 amide bonds. The van der Waals surface area contributed by atoms with Gasteiger partial charge in [0, 0.05) is 0 Å². The molecule has 1 saturated carbocycles. The Bertz CT molecular complexity index is 278. The summed E-state index contributed by atoms with van der Waals surface area (Å²) in [6.07, 6.45) is 5.24. The van der Waals surface area contributed by atoms with Crippen molar-refractivity contribution < 1.29 is 9.53 Å². The minimum absolute atomic E-state index is 0.0860. The van der Waals surface area contributed by atoms with Crippen LogP contribution in [0.2, 0.25) is 0 Å². The van der Waals surface area contributed by atoms with Gasteiger partial charge < -0.3 is 10.1 Å². The first-order valence-corrected chi connectivity index (χ1v) is 7.25. The number of hydrogen-bond acceptors (Lipinski definition) is 3. The molecule has 1 fully saturated rings. The van der Waals surface area contributed by atoms with Gasteiger partial charge in [-0.2, -0.15) is 0 Å². The maximum atomic E-state index is 12.0. The fraction of sp³-hybridized carbons (Fsp3) is 0.933. The van der Waals surface area contributed by atoms with E-state index in [9.17, 15) is 4.79 Å². The molecule has 0 spiro atoms. The van der Waals surface area contributed by atoms with Crippen LogP contribution in [-0.2, 0) is 9.53 Å². The van der Waals surface area contributed by atoms with Gasteiger partial charge in [-0.3, -0.25) is 4.79 Å². The van der Waals surface area contributed by atoms with Gasteiger partial charge in [-0.25, -0.2) is 0 Å². The van der Waals surface area contributed by atoms with E-state index in [2.05, 4.69) is 26.1 Å². The summed E-state index contributed by atoms with van der Waals surface area (Å²) in [5.74, 6) is 0.635. The van der Waals surface area contributed by atoms with Gasteiger partial charge in [0.1, 0.15) is 5.54 Å². The van der Waals surface area contributed by atoms with Crippen molar-refractivity contribution in [2.24, 2.45) is 11.3 Å². The highest BCUT2D eigenvalue weighted by molar-refractivity contribution is 5.80. The molecular formula is C15H29NO2. The molecule has 3 nitrogen and oxygen atoms in total. The van der Waals surface area contributed by atoms with Gasteiger partial charge in [-0.15, -0.1) is 0 Å². The Morgan fingerprint density at radius 2 is 1.89 bits per heavy atom. The normalized spacial score (nSPS) is 29.1. The number of carbonyl (C=O) groups excluding carboxylic acids is 1. The van der Waals surface area contributed by atoms with Crippen molar-refractivity contribution >= 4 is 5.97 Å². The Balaban J connectivity index is 2.72. The molecule has 0 aromatic carbocycles. The second-order valence-electron chi connectivity index (χ2n) is 6.22. The highest BCUT2D eigenvalue weighted by atomic mass is 16.5. The molecule has 1 aliphatic rings. The molecule has 0 saturated heterocycles. The minimum atomic E-state index is -0.427. The van der Waals surface area contributed by atoms with Crippen molar-refractivity contribution in [3.63, 3.8) is 0 Å². The Labute approximate surface area is 112 Å². The maximum Gasteiger partial charge on any atom is 0.326 e. The molecule has 3 heteroatoms. The predicted molar refractivity (Wildman–Crippen MR) is 74.5 cm³/mol. The largest absolute Gasteiger partial charge is 0.468 e. The van der Waals surface area contributed by atoms with Crippen LogP contribution in [0.25, 0.3) is 0 Å². The monoisotopic (exact) mass is 255 g/mol. The highest BCUT2D eigenvalue weighted by Gasteiger charge is 2.44. The number of likely N-dealkylation sites (N-methyl/N-ethyl adjacent to an activating group) is 1. The van der Waals surface area contributed by atoms with Crippen LogP contribution >= 0.6 is 0 Å². The van der Waals surface area contributed by atoms with Crippen molar-refractivity contribution in [3.8, 4) is 0 Å². The molecule has 0 aromatic heterocycles. The molecule has 0 heterocycles. The topological polar surface area (TPSA) is 38.3 Å². The number of carbonyl (C=O) groups is 1. The van der Waals surface area contributed by atoms with Crippen LogP contribution in [0.5, 0.6) is 0 Å². The summed E-state index contributed by atoms with van der Waals surface area (Å²) in [5, 5.41) is 3.36. The number of rotatable bonds is 5. The third kappa shape index (κ3) is 3.05. The maximum absolute atomic E-state index is 12.0. The average molecular weight is 255 g/mol. The van der Waals surface area contributed by atoms with E-state index in [1.807, 2.05) is 6.92 Å². The molecule has 0 bridgehead atoms. The van der Waals surface area contributed by atoms with E-state index in [0.717, 1.165) is 38.1 Å². The molecule has 0 unspecified atom stereocenters. The number of esters is 1. The molecule has 18 heavy (non-hydrogen) atoms. The van der Waals surface area contributed by atoms with Crippen LogP contribution in [0, 0.1) is 11.3 Å². The van der Waals surface area contributed by atoms with Gasteiger partial charge >= 0.3 is 5.97 Å². The lowest BCUT2D eigenvalue weighted by Gasteiger charge is -2.43. The first-order chi connectivity index (χ1) is 8.41. The quantitative estimate of drug-likeness (QED) is 0.767. The van der Waals surface area contributed by atoms with Gasteiger partial charge in [0.2, 0.25) is 0 Å². The summed E-state index contributed by atoms with van der Waals surface area (Å²) in [7, 11) is 1.49. The predicted octanol–water partition coefficient (Wildman–Crippen LogP) is 3.13. The Morgan fingerprint density at radius 3 is 2.28 bits per heavy atom. The first kappa shape index (κ1) is 15.5. The van der Waals surface area contributed by atoms with Crippen molar-refractivity contribution in [2.75, 3.05) is 13.7 Å². The summed E-state index contributed by atoms with van der Waals surface area (Å²) in [5.41, 5.74) is -0.0433. The molecule has 0 aromatic rings.